The van der Waals surface area contributed by atoms with Gasteiger partial charge in [0.1, 0.15) is 0 Å². The molecule has 0 atom stereocenters. The summed E-state index contributed by atoms with van der Waals surface area (Å²) >= 11 is 1.67. The smallest absolute Gasteiger partial charge is 0.253 e. The van der Waals surface area contributed by atoms with Crippen LogP contribution >= 0.6 is 11.3 Å². The summed E-state index contributed by atoms with van der Waals surface area (Å²) in [4.78, 5) is 22.1. The number of piperazine rings is 1. The van der Waals surface area contributed by atoms with E-state index in [4.69, 9.17) is 4.98 Å². The Labute approximate surface area is 212 Å². The Balaban J connectivity index is 1.41. The molecule has 1 aromatic heterocycles. The molecule has 3 aromatic rings. The Morgan fingerprint density at radius 2 is 1.54 bits per heavy atom. The molecular weight excluding hydrogens is 480 g/mol. The molecule has 0 unspecified atom stereocenters. The van der Waals surface area contributed by atoms with E-state index in [1.165, 1.54) is 0 Å². The van der Waals surface area contributed by atoms with Crippen LogP contribution in [0, 0.1) is 11.8 Å². The number of fused-ring (bicyclic) bond motifs is 1. The van der Waals surface area contributed by atoms with Gasteiger partial charge in [-0.1, -0.05) is 51.2 Å². The number of rotatable bonds is 8. The molecule has 0 spiro atoms. The SMILES string of the molecule is CC(C)CN(CC(C)C)S(=O)(=O)c1ccc(C(=O)N2CCN(c3nc4ccccc4s3)CC2)cc1. The third kappa shape index (κ3) is 5.85. The lowest BCUT2D eigenvalue weighted by Gasteiger charge is -2.34. The standard InChI is InChI=1S/C26H34N4O3S2/c1-19(2)17-30(18-20(3)4)35(32,33)22-11-9-21(10-12-22)25(31)28-13-15-29(16-14-28)26-27-23-7-5-6-8-24(23)34-26/h5-12,19-20H,13-18H2,1-4H3. The van der Waals surface area contributed by atoms with E-state index in [9.17, 15) is 13.2 Å². The van der Waals surface area contributed by atoms with Crippen LogP contribution in [-0.2, 0) is 10.0 Å². The highest BCUT2D eigenvalue weighted by molar-refractivity contribution is 7.89. The minimum absolute atomic E-state index is 0.0703. The van der Waals surface area contributed by atoms with E-state index in [0.29, 0.717) is 31.7 Å². The number of hydrogen-bond donors (Lipinski definition) is 0. The summed E-state index contributed by atoms with van der Waals surface area (Å²) in [6.45, 7) is 11.6. The van der Waals surface area contributed by atoms with Crippen molar-refractivity contribution in [3.8, 4) is 0 Å². The molecular formula is C26H34N4O3S2. The summed E-state index contributed by atoms with van der Waals surface area (Å²) in [6, 6.07) is 14.5. The Morgan fingerprint density at radius 1 is 0.943 bits per heavy atom. The third-order valence-electron chi connectivity index (χ3n) is 6.00. The Kier molecular flexibility index (Phi) is 7.78. The highest BCUT2D eigenvalue weighted by Gasteiger charge is 2.27. The van der Waals surface area contributed by atoms with Gasteiger partial charge in [-0.25, -0.2) is 13.4 Å². The molecule has 1 fully saturated rings. The molecule has 0 radical (unpaired) electrons. The molecule has 1 aliphatic rings. The van der Waals surface area contributed by atoms with Crippen LogP contribution in [0.3, 0.4) is 0 Å². The summed E-state index contributed by atoms with van der Waals surface area (Å²) in [6.07, 6.45) is 0. The van der Waals surface area contributed by atoms with Crippen molar-refractivity contribution in [3.63, 3.8) is 0 Å². The molecule has 2 heterocycles. The van der Waals surface area contributed by atoms with E-state index in [0.717, 1.165) is 28.4 Å². The van der Waals surface area contributed by atoms with Crippen LogP contribution in [0.15, 0.2) is 53.4 Å². The van der Waals surface area contributed by atoms with Gasteiger partial charge in [0.15, 0.2) is 5.13 Å². The molecule has 35 heavy (non-hydrogen) atoms. The van der Waals surface area contributed by atoms with Crippen molar-refractivity contribution in [1.82, 2.24) is 14.2 Å². The van der Waals surface area contributed by atoms with Crippen molar-refractivity contribution in [1.29, 1.82) is 0 Å². The maximum Gasteiger partial charge on any atom is 0.253 e. The first kappa shape index (κ1) is 25.6. The van der Waals surface area contributed by atoms with Crippen molar-refractivity contribution >= 4 is 42.6 Å². The van der Waals surface area contributed by atoms with Crippen LogP contribution in [0.2, 0.25) is 0 Å². The maximum absolute atomic E-state index is 13.2. The molecule has 1 amide bonds. The van der Waals surface area contributed by atoms with Crippen LogP contribution in [-0.4, -0.2) is 67.8 Å². The Bertz CT molecular complexity index is 1220. The number of sulfonamides is 1. The van der Waals surface area contributed by atoms with Crippen LogP contribution in [0.4, 0.5) is 5.13 Å². The summed E-state index contributed by atoms with van der Waals surface area (Å²) in [5, 5.41) is 0.986. The summed E-state index contributed by atoms with van der Waals surface area (Å²) in [7, 11) is -3.61. The Hall–Kier alpha value is -2.49. The average Bonchev–Trinajstić information content (AvgIpc) is 3.27. The second kappa shape index (κ2) is 10.6. The highest BCUT2D eigenvalue weighted by atomic mass is 32.2. The van der Waals surface area contributed by atoms with Gasteiger partial charge in [0.2, 0.25) is 10.0 Å². The number of carbonyl (C=O) groups excluding carboxylic acids is 1. The number of nitrogens with zero attached hydrogens (tertiary/aromatic N) is 4. The normalized spacial score (nSPS) is 15.1. The number of benzene rings is 2. The van der Waals surface area contributed by atoms with Crippen LogP contribution in [0.5, 0.6) is 0 Å². The minimum atomic E-state index is -3.61. The first-order valence-electron chi connectivity index (χ1n) is 12.1. The topological polar surface area (TPSA) is 73.8 Å². The van der Waals surface area contributed by atoms with Gasteiger partial charge >= 0.3 is 0 Å². The van der Waals surface area contributed by atoms with Gasteiger partial charge in [0.25, 0.3) is 5.91 Å². The van der Waals surface area contributed by atoms with E-state index in [2.05, 4.69) is 11.0 Å². The van der Waals surface area contributed by atoms with Crippen LogP contribution in [0.25, 0.3) is 10.2 Å². The molecule has 1 saturated heterocycles. The van der Waals surface area contributed by atoms with Crippen LogP contribution in [0.1, 0.15) is 38.1 Å². The Morgan fingerprint density at radius 3 is 2.11 bits per heavy atom. The highest BCUT2D eigenvalue weighted by Crippen LogP contribution is 2.29. The van der Waals surface area contributed by atoms with Gasteiger partial charge in [-0.3, -0.25) is 4.79 Å². The monoisotopic (exact) mass is 514 g/mol. The first-order valence-corrected chi connectivity index (χ1v) is 14.4. The fraction of sp³-hybridized carbons (Fsp3) is 0.462. The summed E-state index contributed by atoms with van der Waals surface area (Å²) < 4.78 is 29.2. The second-order valence-corrected chi connectivity index (χ2v) is 12.8. The van der Waals surface area contributed by atoms with Gasteiger partial charge in [0.05, 0.1) is 15.1 Å². The number of aromatic nitrogens is 1. The molecule has 7 nitrogen and oxygen atoms in total. The molecule has 9 heteroatoms. The summed E-state index contributed by atoms with van der Waals surface area (Å²) in [5.41, 5.74) is 1.51. The fourth-order valence-electron chi connectivity index (χ4n) is 4.28. The van der Waals surface area contributed by atoms with E-state index < -0.39 is 10.0 Å². The number of carbonyl (C=O) groups is 1. The second-order valence-electron chi connectivity index (χ2n) is 9.88. The lowest BCUT2D eigenvalue weighted by atomic mass is 10.2. The molecule has 4 rings (SSSR count). The van der Waals surface area contributed by atoms with Crippen LogP contribution < -0.4 is 4.90 Å². The fourth-order valence-corrected chi connectivity index (χ4v) is 7.07. The van der Waals surface area contributed by atoms with Crippen molar-refractivity contribution in [3.05, 3.63) is 54.1 Å². The van der Waals surface area contributed by atoms with E-state index in [1.54, 1.807) is 39.9 Å². The van der Waals surface area contributed by atoms with Crippen molar-refractivity contribution < 1.29 is 13.2 Å². The minimum Gasteiger partial charge on any atom is -0.345 e. The lowest BCUT2D eigenvalue weighted by molar-refractivity contribution is 0.0746. The van der Waals surface area contributed by atoms with Gasteiger partial charge in [-0.2, -0.15) is 4.31 Å². The number of thiazole rings is 1. The number of amides is 1. The number of anilines is 1. The van der Waals surface area contributed by atoms with Crippen molar-refractivity contribution in [2.45, 2.75) is 32.6 Å². The van der Waals surface area contributed by atoms with Crippen molar-refractivity contribution in [2.24, 2.45) is 11.8 Å². The van der Waals surface area contributed by atoms with E-state index >= 15 is 0 Å². The van der Waals surface area contributed by atoms with E-state index in [1.807, 2.05) is 50.8 Å². The molecule has 0 saturated carbocycles. The predicted octanol–water partition coefficient (Wildman–Crippen LogP) is 4.56. The van der Waals surface area contributed by atoms with Gasteiger partial charge in [0, 0.05) is 44.8 Å². The summed E-state index contributed by atoms with van der Waals surface area (Å²) in [5.74, 6) is 0.385. The third-order valence-corrected chi connectivity index (χ3v) is 8.94. The van der Waals surface area contributed by atoms with E-state index in [-0.39, 0.29) is 22.6 Å². The zero-order valence-electron chi connectivity index (χ0n) is 20.8. The van der Waals surface area contributed by atoms with Gasteiger partial charge in [-0.15, -0.1) is 0 Å². The molecule has 0 N–H and O–H groups in total. The number of para-hydroxylation sites is 1. The zero-order valence-corrected chi connectivity index (χ0v) is 22.5. The maximum atomic E-state index is 13.2. The van der Waals surface area contributed by atoms with Crippen molar-refractivity contribution in [2.75, 3.05) is 44.2 Å². The predicted molar refractivity (Wildman–Crippen MR) is 143 cm³/mol. The average molecular weight is 515 g/mol. The zero-order chi connectivity index (χ0) is 25.2. The number of hydrogen-bond acceptors (Lipinski definition) is 6. The first-order chi connectivity index (χ1) is 16.6. The quantitative estimate of drug-likeness (QED) is 0.441. The van der Waals surface area contributed by atoms with Gasteiger partial charge < -0.3 is 9.80 Å². The molecule has 0 bridgehead atoms. The van der Waals surface area contributed by atoms with Gasteiger partial charge in [-0.05, 0) is 48.2 Å². The molecule has 188 valence electrons. The largest absolute Gasteiger partial charge is 0.345 e. The molecule has 1 aliphatic heterocycles. The molecule has 2 aromatic carbocycles. The molecule has 0 aliphatic carbocycles. The lowest BCUT2D eigenvalue weighted by Crippen LogP contribution is -2.48.